The van der Waals surface area contributed by atoms with E-state index in [1.165, 1.54) is 0 Å². The Labute approximate surface area is 118 Å². The molecule has 2 aromatic heterocycles. The van der Waals surface area contributed by atoms with Gasteiger partial charge in [0, 0.05) is 12.7 Å². The molecular weight excluding hydrogens is 308 g/mol. The van der Waals surface area contributed by atoms with Crippen LogP contribution in [0, 0.1) is 0 Å². The van der Waals surface area contributed by atoms with Crippen molar-refractivity contribution in [3.05, 3.63) is 34.9 Å². The summed E-state index contributed by atoms with van der Waals surface area (Å²) < 4.78 is 2.46. The molecule has 0 aliphatic rings. The molecule has 2 heterocycles. The van der Waals surface area contributed by atoms with E-state index in [9.17, 15) is 0 Å². The molecule has 1 N–H and O–H groups in total. The summed E-state index contributed by atoms with van der Waals surface area (Å²) in [4.78, 5) is 8.63. The van der Waals surface area contributed by atoms with Gasteiger partial charge < -0.3 is 5.32 Å². The maximum atomic E-state index is 4.45. The van der Waals surface area contributed by atoms with Crippen LogP contribution >= 0.6 is 15.9 Å². The van der Waals surface area contributed by atoms with Crippen molar-refractivity contribution in [2.24, 2.45) is 0 Å². The summed E-state index contributed by atoms with van der Waals surface area (Å²) in [6, 6.07) is 7.75. The first-order valence-corrected chi connectivity index (χ1v) is 6.66. The fourth-order valence-electron chi connectivity index (χ4n) is 1.78. The highest BCUT2D eigenvalue weighted by Crippen LogP contribution is 2.22. The maximum absolute atomic E-state index is 4.45. The molecule has 0 aliphatic heterocycles. The van der Waals surface area contributed by atoms with Crippen molar-refractivity contribution in [2.75, 3.05) is 11.9 Å². The molecule has 1 aromatic carbocycles. The predicted molar refractivity (Wildman–Crippen MR) is 76.3 cm³/mol. The Bertz CT molecular complexity index is 723. The van der Waals surface area contributed by atoms with E-state index >= 15 is 0 Å². The van der Waals surface area contributed by atoms with Crippen molar-refractivity contribution in [1.82, 2.24) is 25.0 Å². The van der Waals surface area contributed by atoms with Gasteiger partial charge in [-0.15, -0.1) is 5.10 Å². The van der Waals surface area contributed by atoms with Gasteiger partial charge in [0.25, 0.3) is 0 Å². The van der Waals surface area contributed by atoms with Crippen molar-refractivity contribution >= 4 is 32.9 Å². The number of nitrogens with one attached hydrogen (secondary N) is 1. The highest BCUT2D eigenvalue weighted by Gasteiger charge is 2.11. The predicted octanol–water partition coefficient (Wildman–Crippen LogP) is 2.40. The number of hydrogen-bond donors (Lipinski definition) is 1. The fourth-order valence-corrected chi connectivity index (χ4v) is 2.13. The second-order valence-corrected chi connectivity index (χ2v) is 4.74. The van der Waals surface area contributed by atoms with E-state index in [1.807, 2.05) is 31.2 Å². The largest absolute Gasteiger partial charge is 0.354 e. The summed E-state index contributed by atoms with van der Waals surface area (Å²) in [6.07, 6.45) is 1.71. The zero-order chi connectivity index (χ0) is 13.2. The minimum Gasteiger partial charge on any atom is -0.354 e. The first-order chi connectivity index (χ1) is 9.29. The van der Waals surface area contributed by atoms with Gasteiger partial charge >= 0.3 is 0 Å². The number of benzene rings is 1. The topological polar surface area (TPSA) is 68.5 Å². The molecule has 0 radical (unpaired) electrons. The second-order valence-electron chi connectivity index (χ2n) is 3.89. The van der Waals surface area contributed by atoms with Gasteiger partial charge in [-0.1, -0.05) is 17.3 Å². The number of rotatable bonds is 3. The standard InChI is InChI=1S/C12H11BrN6/c1-2-14-12-15-7-8(13)11(16-12)19-10-6-4-3-5-9(10)17-18-19/h3-7H,2H2,1H3,(H,14,15,16). The summed E-state index contributed by atoms with van der Waals surface area (Å²) in [6.45, 7) is 2.76. The van der Waals surface area contributed by atoms with Crippen LogP contribution in [-0.2, 0) is 0 Å². The van der Waals surface area contributed by atoms with Gasteiger partial charge in [-0.25, -0.2) is 4.98 Å². The van der Waals surface area contributed by atoms with Crippen LogP contribution in [0.3, 0.4) is 0 Å². The van der Waals surface area contributed by atoms with Crippen LogP contribution in [0.5, 0.6) is 0 Å². The second kappa shape index (κ2) is 4.93. The SMILES string of the molecule is CCNc1ncc(Br)c(-n2nnc3ccccc32)n1. The minimum atomic E-state index is 0.570. The van der Waals surface area contributed by atoms with E-state index in [4.69, 9.17) is 0 Å². The van der Waals surface area contributed by atoms with E-state index in [-0.39, 0.29) is 0 Å². The Kier molecular flexibility index (Phi) is 3.12. The summed E-state index contributed by atoms with van der Waals surface area (Å²) >= 11 is 3.45. The van der Waals surface area contributed by atoms with Crippen LogP contribution in [0.15, 0.2) is 34.9 Å². The number of halogens is 1. The highest BCUT2D eigenvalue weighted by atomic mass is 79.9. The monoisotopic (exact) mass is 318 g/mol. The average molecular weight is 319 g/mol. The molecule has 0 bridgehead atoms. The number of nitrogens with zero attached hydrogens (tertiary/aromatic N) is 5. The van der Waals surface area contributed by atoms with Gasteiger partial charge in [-0.3, -0.25) is 0 Å². The first kappa shape index (κ1) is 12.0. The maximum Gasteiger partial charge on any atom is 0.224 e. The van der Waals surface area contributed by atoms with E-state index in [0.717, 1.165) is 22.1 Å². The van der Waals surface area contributed by atoms with Crippen molar-refractivity contribution in [3.8, 4) is 5.82 Å². The fraction of sp³-hybridized carbons (Fsp3) is 0.167. The lowest BCUT2D eigenvalue weighted by Crippen LogP contribution is -2.07. The molecule has 0 aliphatic carbocycles. The molecule has 7 heteroatoms. The smallest absolute Gasteiger partial charge is 0.224 e. The molecule has 0 amide bonds. The van der Waals surface area contributed by atoms with Crippen LogP contribution in [-0.4, -0.2) is 31.5 Å². The number of para-hydroxylation sites is 1. The molecule has 0 fully saturated rings. The Balaban J connectivity index is 2.17. The quantitative estimate of drug-likeness (QED) is 0.803. The van der Waals surface area contributed by atoms with Crippen molar-refractivity contribution < 1.29 is 0 Å². The van der Waals surface area contributed by atoms with Gasteiger partial charge in [-0.2, -0.15) is 9.67 Å². The first-order valence-electron chi connectivity index (χ1n) is 5.87. The third-order valence-electron chi connectivity index (χ3n) is 2.61. The molecule has 0 saturated heterocycles. The van der Waals surface area contributed by atoms with Crippen LogP contribution < -0.4 is 5.32 Å². The minimum absolute atomic E-state index is 0.570. The van der Waals surface area contributed by atoms with Crippen LogP contribution in [0.2, 0.25) is 0 Å². The summed E-state index contributed by atoms with van der Waals surface area (Å²) in [5.74, 6) is 1.24. The lowest BCUT2D eigenvalue weighted by molar-refractivity contribution is 0.793. The van der Waals surface area contributed by atoms with Crippen LogP contribution in [0.1, 0.15) is 6.92 Å². The van der Waals surface area contributed by atoms with Gasteiger partial charge in [0.2, 0.25) is 5.95 Å². The van der Waals surface area contributed by atoms with E-state index in [2.05, 4.69) is 41.5 Å². The van der Waals surface area contributed by atoms with E-state index < -0.39 is 0 Å². The zero-order valence-electron chi connectivity index (χ0n) is 10.2. The molecular formula is C12H11BrN6. The van der Waals surface area contributed by atoms with Gasteiger partial charge in [-0.05, 0) is 35.0 Å². The third-order valence-corrected chi connectivity index (χ3v) is 3.17. The van der Waals surface area contributed by atoms with Crippen molar-refractivity contribution in [1.29, 1.82) is 0 Å². The normalized spacial score (nSPS) is 10.8. The summed E-state index contributed by atoms with van der Waals surface area (Å²) in [7, 11) is 0. The number of anilines is 1. The average Bonchev–Trinajstić information content (AvgIpc) is 2.85. The lowest BCUT2D eigenvalue weighted by atomic mass is 10.3. The number of fused-ring (bicyclic) bond motifs is 1. The summed E-state index contributed by atoms with van der Waals surface area (Å²) in [5, 5.41) is 11.3. The Morgan fingerprint density at radius 3 is 3.00 bits per heavy atom. The summed E-state index contributed by atoms with van der Waals surface area (Å²) in [5.41, 5.74) is 1.74. The van der Waals surface area contributed by atoms with Gasteiger partial charge in [0.15, 0.2) is 5.82 Å². The zero-order valence-corrected chi connectivity index (χ0v) is 11.8. The Hall–Kier alpha value is -2.02. The van der Waals surface area contributed by atoms with Crippen molar-refractivity contribution in [3.63, 3.8) is 0 Å². The number of aromatic nitrogens is 5. The molecule has 0 spiro atoms. The highest BCUT2D eigenvalue weighted by molar-refractivity contribution is 9.10. The molecule has 19 heavy (non-hydrogen) atoms. The third kappa shape index (κ3) is 2.17. The molecule has 3 rings (SSSR count). The molecule has 0 atom stereocenters. The molecule has 3 aromatic rings. The lowest BCUT2D eigenvalue weighted by Gasteiger charge is -2.06. The van der Waals surface area contributed by atoms with E-state index in [1.54, 1.807) is 10.9 Å². The van der Waals surface area contributed by atoms with Crippen molar-refractivity contribution in [2.45, 2.75) is 6.92 Å². The number of hydrogen-bond acceptors (Lipinski definition) is 5. The molecule has 6 nitrogen and oxygen atoms in total. The molecule has 0 unspecified atom stereocenters. The molecule has 96 valence electrons. The van der Waals surface area contributed by atoms with E-state index in [0.29, 0.717) is 11.8 Å². The van der Waals surface area contributed by atoms with Crippen LogP contribution in [0.25, 0.3) is 16.9 Å². The van der Waals surface area contributed by atoms with Gasteiger partial charge in [0.05, 0.1) is 9.99 Å². The van der Waals surface area contributed by atoms with Gasteiger partial charge in [0.1, 0.15) is 5.52 Å². The Morgan fingerprint density at radius 1 is 1.32 bits per heavy atom. The Morgan fingerprint density at radius 2 is 2.16 bits per heavy atom. The van der Waals surface area contributed by atoms with Crippen LogP contribution in [0.4, 0.5) is 5.95 Å². The molecule has 0 saturated carbocycles.